The largest absolute Gasteiger partial charge is 0.324 e. The molecule has 1 aliphatic heterocycles. The van der Waals surface area contributed by atoms with Gasteiger partial charge in [0.25, 0.3) is 0 Å². The van der Waals surface area contributed by atoms with Gasteiger partial charge in [0.1, 0.15) is 5.69 Å². The van der Waals surface area contributed by atoms with E-state index in [-0.39, 0.29) is 0 Å². The second-order valence-corrected chi connectivity index (χ2v) is 9.29. The number of aromatic nitrogens is 5. The smallest absolute Gasteiger partial charge is 0.160 e. The lowest BCUT2D eigenvalue weighted by molar-refractivity contribution is 0.212. The second-order valence-electron chi connectivity index (χ2n) is 8.23. The van der Waals surface area contributed by atoms with Crippen LogP contribution in [0.1, 0.15) is 65.7 Å². The van der Waals surface area contributed by atoms with E-state index < -0.39 is 0 Å². The zero-order valence-corrected chi connectivity index (χ0v) is 17.6. The molecule has 0 spiro atoms. The molecule has 1 aliphatic carbocycles. The van der Waals surface area contributed by atoms with Crippen molar-refractivity contribution >= 4 is 11.3 Å². The van der Waals surface area contributed by atoms with Crippen LogP contribution in [0.5, 0.6) is 0 Å². The maximum absolute atomic E-state index is 4.86. The van der Waals surface area contributed by atoms with Crippen LogP contribution < -0.4 is 0 Å². The fourth-order valence-electron chi connectivity index (χ4n) is 4.81. The van der Waals surface area contributed by atoms with Crippen molar-refractivity contribution in [2.24, 2.45) is 0 Å². The lowest BCUT2D eigenvalue weighted by atomic mass is 9.85. The van der Waals surface area contributed by atoms with Crippen LogP contribution >= 0.6 is 11.3 Å². The zero-order valence-electron chi connectivity index (χ0n) is 16.7. The Balaban J connectivity index is 1.35. The summed E-state index contributed by atoms with van der Waals surface area (Å²) >= 11 is 1.69. The van der Waals surface area contributed by atoms with Gasteiger partial charge in [-0.15, -0.1) is 11.3 Å². The number of H-pyrrole nitrogens is 1. The summed E-state index contributed by atoms with van der Waals surface area (Å²) in [5.41, 5.74) is 6.24. The number of aromatic amines is 1. The van der Waals surface area contributed by atoms with E-state index in [0.717, 1.165) is 48.4 Å². The molecule has 6 nitrogen and oxygen atoms in total. The standard InChI is InChI=1S/C21H28N6S/c1-14-19-12-26(8-9-27(19)21(23-14)18-13-28-15(2)24-18)11-17-10-22-25-20(17)16-6-4-3-5-7-16/h10,13,16H,3-9,11-12H2,1-2H3,(H,22,25). The molecule has 0 radical (unpaired) electrons. The number of nitrogens with one attached hydrogen (secondary N) is 1. The van der Waals surface area contributed by atoms with E-state index >= 15 is 0 Å². The molecule has 1 fully saturated rings. The quantitative estimate of drug-likeness (QED) is 0.709. The minimum absolute atomic E-state index is 0.669. The monoisotopic (exact) mass is 396 g/mol. The zero-order chi connectivity index (χ0) is 19.1. The summed E-state index contributed by atoms with van der Waals surface area (Å²) in [4.78, 5) is 12.1. The molecule has 4 heterocycles. The average molecular weight is 397 g/mol. The molecule has 0 unspecified atom stereocenters. The number of aryl methyl sites for hydroxylation is 2. The summed E-state index contributed by atoms with van der Waals surface area (Å²) in [5.74, 6) is 1.70. The Morgan fingerprint density at radius 1 is 1.14 bits per heavy atom. The Labute approximate surface area is 170 Å². The summed E-state index contributed by atoms with van der Waals surface area (Å²) in [5, 5.41) is 10.9. The number of imidazole rings is 1. The van der Waals surface area contributed by atoms with Crippen LogP contribution in [0.15, 0.2) is 11.6 Å². The van der Waals surface area contributed by atoms with Crippen molar-refractivity contribution in [1.29, 1.82) is 0 Å². The molecular formula is C21H28N6S. The minimum Gasteiger partial charge on any atom is -0.324 e. The van der Waals surface area contributed by atoms with Crippen molar-refractivity contribution in [3.8, 4) is 11.5 Å². The highest BCUT2D eigenvalue weighted by Crippen LogP contribution is 2.34. The van der Waals surface area contributed by atoms with Crippen molar-refractivity contribution in [2.45, 2.75) is 71.5 Å². The predicted molar refractivity (Wildman–Crippen MR) is 111 cm³/mol. The summed E-state index contributed by atoms with van der Waals surface area (Å²) in [7, 11) is 0. The maximum atomic E-state index is 4.86. The number of fused-ring (bicyclic) bond motifs is 1. The van der Waals surface area contributed by atoms with Gasteiger partial charge in [0.15, 0.2) is 5.82 Å². The van der Waals surface area contributed by atoms with Gasteiger partial charge in [-0.2, -0.15) is 5.10 Å². The first-order chi connectivity index (χ1) is 13.7. The molecular weight excluding hydrogens is 368 g/mol. The van der Waals surface area contributed by atoms with Crippen LogP contribution in [0.2, 0.25) is 0 Å². The first kappa shape index (κ1) is 18.1. The van der Waals surface area contributed by atoms with E-state index in [2.05, 4.69) is 43.9 Å². The first-order valence-electron chi connectivity index (χ1n) is 10.4. The fraction of sp³-hybridized carbons (Fsp3) is 0.571. The summed E-state index contributed by atoms with van der Waals surface area (Å²) in [6, 6.07) is 0. The SMILES string of the molecule is Cc1nc(-c2nc(C)c3n2CCN(Cc2cn[nH]c2C2CCCCC2)C3)cs1. The van der Waals surface area contributed by atoms with Gasteiger partial charge in [-0.1, -0.05) is 19.3 Å². The van der Waals surface area contributed by atoms with E-state index in [1.54, 1.807) is 11.3 Å². The summed E-state index contributed by atoms with van der Waals surface area (Å²) in [6.07, 6.45) is 8.74. The average Bonchev–Trinajstić information content (AvgIpc) is 3.42. The van der Waals surface area contributed by atoms with Crippen LogP contribution in [0.25, 0.3) is 11.5 Å². The number of thiazole rings is 1. The Morgan fingerprint density at radius 3 is 2.79 bits per heavy atom. The van der Waals surface area contributed by atoms with Gasteiger partial charge in [-0.05, 0) is 26.7 Å². The van der Waals surface area contributed by atoms with Crippen LogP contribution in [-0.2, 0) is 19.6 Å². The number of rotatable bonds is 4. The molecule has 7 heteroatoms. The second kappa shape index (κ2) is 7.44. The van der Waals surface area contributed by atoms with Crippen molar-refractivity contribution < 1.29 is 0 Å². The molecule has 0 amide bonds. The molecule has 1 saturated carbocycles. The minimum atomic E-state index is 0.669. The van der Waals surface area contributed by atoms with Crippen molar-refractivity contribution in [3.05, 3.63) is 39.2 Å². The number of hydrogen-bond donors (Lipinski definition) is 1. The van der Waals surface area contributed by atoms with E-state index in [1.165, 1.54) is 49.1 Å². The Kier molecular flexibility index (Phi) is 4.80. The summed E-state index contributed by atoms with van der Waals surface area (Å²) < 4.78 is 2.37. The highest BCUT2D eigenvalue weighted by molar-refractivity contribution is 7.09. The van der Waals surface area contributed by atoms with Crippen molar-refractivity contribution in [1.82, 2.24) is 29.6 Å². The van der Waals surface area contributed by atoms with Crippen LogP contribution in [0.3, 0.4) is 0 Å². The molecule has 3 aromatic rings. The van der Waals surface area contributed by atoms with Gasteiger partial charge in [0, 0.05) is 48.7 Å². The lowest BCUT2D eigenvalue weighted by Gasteiger charge is -2.30. The van der Waals surface area contributed by atoms with Crippen molar-refractivity contribution in [2.75, 3.05) is 6.54 Å². The highest BCUT2D eigenvalue weighted by Gasteiger charge is 2.26. The Hall–Kier alpha value is -1.99. The van der Waals surface area contributed by atoms with E-state index in [0.29, 0.717) is 5.92 Å². The maximum Gasteiger partial charge on any atom is 0.160 e. The number of nitrogens with zero attached hydrogens (tertiary/aromatic N) is 5. The molecule has 0 saturated heterocycles. The Bertz CT molecular complexity index is 962. The molecule has 1 N–H and O–H groups in total. The first-order valence-corrected chi connectivity index (χ1v) is 11.3. The van der Waals surface area contributed by atoms with E-state index in [1.807, 2.05) is 6.20 Å². The number of hydrogen-bond acceptors (Lipinski definition) is 5. The van der Waals surface area contributed by atoms with Gasteiger partial charge < -0.3 is 4.57 Å². The van der Waals surface area contributed by atoms with Crippen molar-refractivity contribution in [3.63, 3.8) is 0 Å². The topological polar surface area (TPSA) is 62.6 Å². The molecule has 148 valence electrons. The molecule has 2 aliphatic rings. The highest BCUT2D eigenvalue weighted by atomic mass is 32.1. The van der Waals surface area contributed by atoms with E-state index in [9.17, 15) is 0 Å². The van der Waals surface area contributed by atoms with Crippen LogP contribution in [0.4, 0.5) is 0 Å². The normalized spacial score (nSPS) is 18.5. The molecule has 28 heavy (non-hydrogen) atoms. The predicted octanol–water partition coefficient (Wildman–Crippen LogP) is 4.41. The van der Waals surface area contributed by atoms with Gasteiger partial charge in [0.05, 0.1) is 22.6 Å². The molecule has 5 rings (SSSR count). The van der Waals surface area contributed by atoms with Gasteiger partial charge in [-0.25, -0.2) is 9.97 Å². The van der Waals surface area contributed by atoms with Gasteiger partial charge >= 0.3 is 0 Å². The van der Waals surface area contributed by atoms with Gasteiger partial charge in [-0.3, -0.25) is 10.00 Å². The molecule has 0 atom stereocenters. The summed E-state index contributed by atoms with van der Waals surface area (Å²) in [6.45, 7) is 8.10. The van der Waals surface area contributed by atoms with E-state index in [4.69, 9.17) is 4.98 Å². The van der Waals surface area contributed by atoms with Gasteiger partial charge in [0.2, 0.25) is 0 Å². The fourth-order valence-corrected chi connectivity index (χ4v) is 5.40. The third kappa shape index (κ3) is 3.31. The molecule has 0 aromatic carbocycles. The molecule has 0 bridgehead atoms. The van der Waals surface area contributed by atoms with Crippen LogP contribution in [0, 0.1) is 13.8 Å². The lowest BCUT2D eigenvalue weighted by Crippen LogP contribution is -2.33. The molecule has 3 aromatic heterocycles. The third-order valence-corrected chi connectivity index (χ3v) is 7.07. The third-order valence-electron chi connectivity index (χ3n) is 6.29. The Morgan fingerprint density at radius 2 is 2.00 bits per heavy atom. The van der Waals surface area contributed by atoms with Crippen LogP contribution in [-0.4, -0.2) is 36.2 Å².